The molecule has 0 spiro atoms. The lowest BCUT2D eigenvalue weighted by Crippen LogP contribution is -2.28. The van der Waals surface area contributed by atoms with Gasteiger partial charge in [-0.25, -0.2) is 0 Å². The van der Waals surface area contributed by atoms with Crippen LogP contribution < -0.4 is 10.6 Å². The van der Waals surface area contributed by atoms with E-state index in [2.05, 4.69) is 11.0 Å². The standard InChI is InChI=1S/C15H24N2O2/c1-3-18-14(19-4-2)9-11-17-10-8-12-6-5-7-13(16)15(12)17/h5-7,14H,3-4,8-11,16H2,1-2H3. The van der Waals surface area contributed by atoms with Gasteiger partial charge in [-0.2, -0.15) is 0 Å². The first-order valence-corrected chi connectivity index (χ1v) is 7.11. The summed E-state index contributed by atoms with van der Waals surface area (Å²) < 4.78 is 11.2. The molecule has 1 aromatic carbocycles. The van der Waals surface area contributed by atoms with Crippen molar-refractivity contribution in [2.24, 2.45) is 0 Å². The Bertz CT molecular complexity index is 403. The van der Waals surface area contributed by atoms with Gasteiger partial charge in [0.1, 0.15) is 0 Å². The second kappa shape index (κ2) is 6.78. The number of benzene rings is 1. The molecular formula is C15H24N2O2. The van der Waals surface area contributed by atoms with Gasteiger partial charge in [0.15, 0.2) is 6.29 Å². The smallest absolute Gasteiger partial charge is 0.159 e. The van der Waals surface area contributed by atoms with E-state index < -0.39 is 0 Å². The third-order valence-corrected chi connectivity index (χ3v) is 3.46. The molecule has 19 heavy (non-hydrogen) atoms. The van der Waals surface area contributed by atoms with Crippen LogP contribution in [0, 0.1) is 0 Å². The highest BCUT2D eigenvalue weighted by Gasteiger charge is 2.22. The van der Waals surface area contributed by atoms with Crippen molar-refractivity contribution in [3.63, 3.8) is 0 Å². The molecule has 0 saturated heterocycles. The summed E-state index contributed by atoms with van der Waals surface area (Å²) in [6, 6.07) is 6.16. The Morgan fingerprint density at radius 3 is 2.68 bits per heavy atom. The molecule has 2 rings (SSSR count). The van der Waals surface area contributed by atoms with Crippen molar-refractivity contribution in [1.82, 2.24) is 0 Å². The van der Waals surface area contributed by atoms with E-state index >= 15 is 0 Å². The maximum atomic E-state index is 6.08. The van der Waals surface area contributed by atoms with Crippen LogP contribution in [0.15, 0.2) is 18.2 Å². The van der Waals surface area contributed by atoms with Gasteiger partial charge in [0.25, 0.3) is 0 Å². The van der Waals surface area contributed by atoms with Crippen LogP contribution in [0.2, 0.25) is 0 Å². The van der Waals surface area contributed by atoms with Gasteiger partial charge in [0.2, 0.25) is 0 Å². The average Bonchev–Trinajstić information content (AvgIpc) is 2.81. The van der Waals surface area contributed by atoms with E-state index in [9.17, 15) is 0 Å². The van der Waals surface area contributed by atoms with Crippen LogP contribution in [0.4, 0.5) is 11.4 Å². The van der Waals surface area contributed by atoms with Crippen LogP contribution in [-0.2, 0) is 15.9 Å². The second-order valence-corrected chi connectivity index (χ2v) is 4.72. The molecule has 0 saturated carbocycles. The minimum Gasteiger partial charge on any atom is -0.397 e. The van der Waals surface area contributed by atoms with Crippen molar-refractivity contribution in [3.8, 4) is 0 Å². The topological polar surface area (TPSA) is 47.7 Å². The maximum Gasteiger partial charge on any atom is 0.159 e. The fourth-order valence-corrected chi connectivity index (χ4v) is 2.64. The zero-order valence-corrected chi connectivity index (χ0v) is 11.9. The zero-order chi connectivity index (χ0) is 13.7. The fourth-order valence-electron chi connectivity index (χ4n) is 2.64. The van der Waals surface area contributed by atoms with Crippen LogP contribution in [0.1, 0.15) is 25.8 Å². The lowest BCUT2D eigenvalue weighted by molar-refractivity contribution is -0.138. The Labute approximate surface area is 115 Å². The number of ether oxygens (including phenoxy) is 2. The molecule has 0 radical (unpaired) electrons. The molecule has 106 valence electrons. The van der Waals surface area contributed by atoms with Gasteiger partial charge in [0, 0.05) is 32.7 Å². The number of nitrogens with two attached hydrogens (primary N) is 1. The quantitative estimate of drug-likeness (QED) is 0.607. The lowest BCUT2D eigenvalue weighted by atomic mass is 10.1. The summed E-state index contributed by atoms with van der Waals surface area (Å²) in [4.78, 5) is 2.34. The van der Waals surface area contributed by atoms with Crippen molar-refractivity contribution in [1.29, 1.82) is 0 Å². The normalized spacial score (nSPS) is 14.2. The molecule has 1 heterocycles. The molecule has 4 heteroatoms. The molecule has 1 aromatic rings. The molecule has 0 aromatic heterocycles. The van der Waals surface area contributed by atoms with E-state index in [0.29, 0.717) is 13.2 Å². The first kappa shape index (κ1) is 14.2. The highest BCUT2D eigenvalue weighted by atomic mass is 16.7. The molecule has 0 bridgehead atoms. The van der Waals surface area contributed by atoms with Crippen molar-refractivity contribution in [2.45, 2.75) is 33.0 Å². The summed E-state index contributed by atoms with van der Waals surface area (Å²) in [6.07, 6.45) is 1.84. The van der Waals surface area contributed by atoms with Crippen molar-refractivity contribution >= 4 is 11.4 Å². The van der Waals surface area contributed by atoms with Crippen molar-refractivity contribution in [3.05, 3.63) is 23.8 Å². The van der Waals surface area contributed by atoms with Gasteiger partial charge in [-0.15, -0.1) is 0 Å². The number of hydrogen-bond donors (Lipinski definition) is 1. The van der Waals surface area contributed by atoms with E-state index in [4.69, 9.17) is 15.2 Å². The molecule has 0 atom stereocenters. The monoisotopic (exact) mass is 264 g/mol. The Kier molecular flexibility index (Phi) is 5.05. The van der Waals surface area contributed by atoms with Crippen LogP contribution in [0.5, 0.6) is 0 Å². The third-order valence-electron chi connectivity index (χ3n) is 3.46. The SMILES string of the molecule is CCOC(CCN1CCc2cccc(N)c21)OCC. The number of para-hydroxylation sites is 1. The Morgan fingerprint density at radius 2 is 2.00 bits per heavy atom. The van der Waals surface area contributed by atoms with Gasteiger partial charge in [-0.1, -0.05) is 12.1 Å². The summed E-state index contributed by atoms with van der Waals surface area (Å²) in [5, 5.41) is 0. The number of nitrogens with zero attached hydrogens (tertiary/aromatic N) is 1. The minimum absolute atomic E-state index is 0.107. The van der Waals surface area contributed by atoms with Crippen LogP contribution in [-0.4, -0.2) is 32.6 Å². The largest absolute Gasteiger partial charge is 0.397 e. The average molecular weight is 264 g/mol. The molecule has 0 unspecified atom stereocenters. The second-order valence-electron chi connectivity index (χ2n) is 4.72. The number of nitrogen functional groups attached to an aromatic ring is 1. The zero-order valence-electron chi connectivity index (χ0n) is 11.9. The Balaban J connectivity index is 1.95. The Morgan fingerprint density at radius 1 is 1.26 bits per heavy atom. The van der Waals surface area contributed by atoms with E-state index in [-0.39, 0.29) is 6.29 Å². The molecule has 1 aliphatic rings. The molecule has 0 amide bonds. The van der Waals surface area contributed by atoms with Gasteiger partial charge in [0.05, 0.1) is 11.4 Å². The van der Waals surface area contributed by atoms with Gasteiger partial charge in [-0.05, 0) is 31.9 Å². The van der Waals surface area contributed by atoms with Crippen LogP contribution >= 0.6 is 0 Å². The molecule has 0 aliphatic carbocycles. The first-order chi connectivity index (χ1) is 9.26. The summed E-state index contributed by atoms with van der Waals surface area (Å²) in [7, 11) is 0. The van der Waals surface area contributed by atoms with Gasteiger partial charge >= 0.3 is 0 Å². The highest BCUT2D eigenvalue weighted by molar-refractivity contribution is 5.74. The van der Waals surface area contributed by atoms with Crippen molar-refractivity contribution in [2.75, 3.05) is 36.9 Å². The minimum atomic E-state index is -0.107. The van der Waals surface area contributed by atoms with Crippen LogP contribution in [0.3, 0.4) is 0 Å². The summed E-state index contributed by atoms with van der Waals surface area (Å²) >= 11 is 0. The molecule has 2 N–H and O–H groups in total. The number of anilines is 2. The number of fused-ring (bicyclic) bond motifs is 1. The molecular weight excluding hydrogens is 240 g/mol. The Hall–Kier alpha value is -1.26. The predicted molar refractivity (Wildman–Crippen MR) is 78.4 cm³/mol. The fraction of sp³-hybridized carbons (Fsp3) is 0.600. The van der Waals surface area contributed by atoms with Gasteiger partial charge < -0.3 is 20.1 Å². The van der Waals surface area contributed by atoms with E-state index in [1.807, 2.05) is 26.0 Å². The van der Waals surface area contributed by atoms with E-state index in [1.165, 1.54) is 11.3 Å². The van der Waals surface area contributed by atoms with Crippen LogP contribution in [0.25, 0.3) is 0 Å². The van der Waals surface area contributed by atoms with E-state index in [0.717, 1.165) is 31.6 Å². The maximum absolute atomic E-state index is 6.08. The lowest BCUT2D eigenvalue weighted by Gasteiger charge is -2.24. The van der Waals surface area contributed by atoms with Gasteiger partial charge in [-0.3, -0.25) is 0 Å². The predicted octanol–water partition coefficient (Wildman–Crippen LogP) is 2.42. The highest BCUT2D eigenvalue weighted by Crippen LogP contribution is 2.33. The summed E-state index contributed by atoms with van der Waals surface area (Å²) in [6.45, 7) is 7.32. The summed E-state index contributed by atoms with van der Waals surface area (Å²) in [5.74, 6) is 0. The molecule has 4 nitrogen and oxygen atoms in total. The van der Waals surface area contributed by atoms with Crippen molar-refractivity contribution < 1.29 is 9.47 Å². The number of hydrogen-bond acceptors (Lipinski definition) is 4. The molecule has 0 fully saturated rings. The summed E-state index contributed by atoms with van der Waals surface area (Å²) in [5.41, 5.74) is 9.51. The third kappa shape index (κ3) is 3.39. The first-order valence-electron chi connectivity index (χ1n) is 7.11. The molecule has 1 aliphatic heterocycles. The van der Waals surface area contributed by atoms with E-state index in [1.54, 1.807) is 0 Å². The number of rotatable bonds is 7.